The number of nitrogens with zero attached hydrogens (tertiary/aromatic N) is 14. The number of carbonyl (C=O) groups is 1. The molecule has 2 saturated heterocycles. The van der Waals surface area contributed by atoms with Crippen LogP contribution in [0.5, 0.6) is 17.2 Å². The van der Waals surface area contributed by atoms with Gasteiger partial charge < -0.3 is 57.1 Å². The number of aromatic hydroxyl groups is 3. The number of nitrogen functional groups attached to an aromatic ring is 3. The van der Waals surface area contributed by atoms with Crippen molar-refractivity contribution in [1.29, 1.82) is 0 Å². The van der Waals surface area contributed by atoms with Gasteiger partial charge in [0.05, 0.1) is 64.1 Å². The maximum absolute atomic E-state index is 12.4. The average molecular weight is 1140 g/mol. The van der Waals surface area contributed by atoms with Crippen LogP contribution in [0.15, 0.2) is 85.7 Å². The number of phenols is 3. The summed E-state index contributed by atoms with van der Waals surface area (Å²) in [5.74, 6) is 2.19. The fraction of sp³-hybridized carbons (Fsp3) is 0.298. The fourth-order valence-electron chi connectivity index (χ4n) is 11.1. The minimum absolute atomic E-state index is 0.0372. The zero-order valence-corrected chi connectivity index (χ0v) is 46.1. The molecule has 0 spiro atoms. The number of benzene rings is 3. The minimum atomic E-state index is 0.0372. The van der Waals surface area contributed by atoms with Gasteiger partial charge in [-0.15, -0.1) is 0 Å². The number of amides is 1. The molecule has 25 nitrogen and oxygen atoms in total. The Morgan fingerprint density at radius 1 is 0.614 bits per heavy atom. The molecule has 0 bridgehead atoms. The summed E-state index contributed by atoms with van der Waals surface area (Å²) in [4.78, 5) is 52.4. The van der Waals surface area contributed by atoms with Crippen LogP contribution < -0.4 is 17.2 Å². The van der Waals surface area contributed by atoms with Gasteiger partial charge in [0.25, 0.3) is 0 Å². The van der Waals surface area contributed by atoms with Crippen LogP contribution in [0.2, 0.25) is 5.02 Å². The molecule has 3 fully saturated rings. The Kier molecular flexibility index (Phi) is 13.6. The van der Waals surface area contributed by atoms with E-state index in [0.717, 1.165) is 138 Å². The second-order valence-corrected chi connectivity index (χ2v) is 21.8. The van der Waals surface area contributed by atoms with Crippen LogP contribution >= 0.6 is 11.6 Å². The van der Waals surface area contributed by atoms with Crippen molar-refractivity contribution in [2.45, 2.75) is 58.2 Å². The van der Waals surface area contributed by atoms with E-state index in [2.05, 4.69) is 54.9 Å². The van der Waals surface area contributed by atoms with E-state index in [-0.39, 0.29) is 40.3 Å². The van der Waals surface area contributed by atoms with Crippen molar-refractivity contribution >= 4 is 101 Å². The second-order valence-electron chi connectivity index (χ2n) is 21.4. The molecule has 83 heavy (non-hydrogen) atoms. The third-order valence-corrected chi connectivity index (χ3v) is 15.8. The number of aromatic amines is 3. The van der Waals surface area contributed by atoms with Crippen LogP contribution in [0.3, 0.4) is 0 Å². The first kappa shape index (κ1) is 52.8. The van der Waals surface area contributed by atoms with Crippen molar-refractivity contribution in [1.82, 2.24) is 84.0 Å². The van der Waals surface area contributed by atoms with Gasteiger partial charge in [-0.3, -0.25) is 9.69 Å². The molecule has 0 atom stereocenters. The third-order valence-electron chi connectivity index (χ3n) is 15.5. The number of ether oxygens (including phenoxy) is 1. The van der Waals surface area contributed by atoms with E-state index >= 15 is 0 Å². The number of H-pyrrole nitrogens is 3. The number of anilines is 3. The summed E-state index contributed by atoms with van der Waals surface area (Å²) in [7, 11) is 0. The highest BCUT2D eigenvalue weighted by atomic mass is 35.5. The quantitative estimate of drug-likeness (QED) is 0.0662. The Morgan fingerprint density at radius 3 is 1.72 bits per heavy atom. The number of hydrogen-bond acceptors (Lipinski definition) is 18. The molecule has 0 unspecified atom stereocenters. The molecule has 1 saturated carbocycles. The number of aromatic nitrogens is 15. The molecular weight excluding hydrogens is 1080 g/mol. The lowest BCUT2D eigenvalue weighted by molar-refractivity contribution is -0.133. The van der Waals surface area contributed by atoms with E-state index in [1.165, 1.54) is 19.0 Å². The molecular formula is C57H59ClN20O5. The first-order chi connectivity index (χ1) is 40.2. The Labute approximate surface area is 477 Å². The van der Waals surface area contributed by atoms with Gasteiger partial charge in [0.15, 0.2) is 16.9 Å². The number of fused-ring (bicyclic) bond motifs is 6. The highest BCUT2D eigenvalue weighted by Crippen LogP contribution is 2.39. The normalized spacial score (nSPS) is 15.3. The van der Waals surface area contributed by atoms with Gasteiger partial charge in [-0.1, -0.05) is 11.6 Å². The fourth-order valence-corrected chi connectivity index (χ4v) is 11.3. The topological polar surface area (TPSA) is 350 Å². The molecule has 1 amide bonds. The summed E-state index contributed by atoms with van der Waals surface area (Å²) >= 11 is 5.98. The second kappa shape index (κ2) is 21.4. The molecule has 9 aromatic heterocycles. The molecule has 12 N–H and O–H groups in total. The van der Waals surface area contributed by atoms with Crippen molar-refractivity contribution in [2.75, 3.05) is 63.1 Å². The number of rotatable bonds is 9. The lowest BCUT2D eigenvalue weighted by Crippen LogP contribution is -2.40. The van der Waals surface area contributed by atoms with Crippen molar-refractivity contribution < 1.29 is 24.9 Å². The molecule has 3 aliphatic rings. The number of halogens is 1. The van der Waals surface area contributed by atoms with E-state index in [1.54, 1.807) is 36.4 Å². The number of hydrogen-bond donors (Lipinski definition) is 9. The maximum atomic E-state index is 12.4. The largest absolute Gasteiger partial charge is 0.508 e. The van der Waals surface area contributed by atoms with Gasteiger partial charge in [0.1, 0.15) is 70.8 Å². The van der Waals surface area contributed by atoms with E-state index < -0.39 is 0 Å². The lowest BCUT2D eigenvalue weighted by Gasteiger charge is -2.32. The molecule has 2 aliphatic heterocycles. The highest BCUT2D eigenvalue weighted by Gasteiger charge is 2.36. The standard InChI is InChI=1S/C22H23N7O2.C19H21N7O2.C16H15ClN6O/c23-20-18-19(17-10-13-9-15(30)3-4-16(13)26-17)27-29(21(18)25-11-24-20)14-5-7-28(8-6-14)22(31)12-1-2-12;20-18-16-17(15-10-12-9-13(27)1-2-14(12)23-15)24-26(19(16)22-11-21-18)4-3-25-5-7-28-8-6-25;1-7(2)23-16-13(15(18)19-6-20-16)14(22-23)11-3-8-4-12(24)9(17)5-10(8)21-11/h3-4,9-12,14,26,30H,1-2,5-8H2,(H2,23,24,25);1-2,9-11,23,27H,3-8H2,(H2,20,21,22);3-7,21,24H,1-2H3,(H2,18,19,20). The van der Waals surface area contributed by atoms with Gasteiger partial charge in [-0.2, -0.15) is 15.3 Å². The van der Waals surface area contributed by atoms with Crippen LogP contribution in [0.4, 0.5) is 17.5 Å². The third kappa shape index (κ3) is 10.1. The smallest absolute Gasteiger partial charge is 0.225 e. The first-order valence-corrected chi connectivity index (χ1v) is 27.8. The van der Waals surface area contributed by atoms with Crippen LogP contribution in [0, 0.1) is 5.92 Å². The monoisotopic (exact) mass is 1140 g/mol. The molecule has 12 aromatic rings. The van der Waals surface area contributed by atoms with Crippen LogP contribution in [0.1, 0.15) is 51.6 Å². The number of nitrogens with two attached hydrogens (primary N) is 3. The Balaban J connectivity index is 0.000000118. The predicted octanol–water partition coefficient (Wildman–Crippen LogP) is 7.93. The lowest BCUT2D eigenvalue weighted by atomic mass is 10.0. The summed E-state index contributed by atoms with van der Waals surface area (Å²) in [5, 5.41) is 48.8. The summed E-state index contributed by atoms with van der Waals surface area (Å²) in [6.07, 6.45) is 8.10. The Morgan fingerprint density at radius 2 is 1.13 bits per heavy atom. The Hall–Kier alpha value is -9.59. The summed E-state index contributed by atoms with van der Waals surface area (Å²) in [6, 6.07) is 19.7. The van der Waals surface area contributed by atoms with Crippen LogP contribution in [-0.2, 0) is 16.1 Å². The summed E-state index contributed by atoms with van der Waals surface area (Å²) < 4.78 is 11.1. The van der Waals surface area contributed by atoms with Gasteiger partial charge in [0.2, 0.25) is 5.91 Å². The van der Waals surface area contributed by atoms with E-state index in [4.69, 9.17) is 43.7 Å². The predicted molar refractivity (Wildman–Crippen MR) is 316 cm³/mol. The van der Waals surface area contributed by atoms with Crippen molar-refractivity contribution in [3.63, 3.8) is 0 Å². The van der Waals surface area contributed by atoms with Gasteiger partial charge >= 0.3 is 0 Å². The number of phenolic OH excluding ortho intramolecular Hbond substituents is 3. The number of piperidine rings is 1. The zero-order valence-electron chi connectivity index (χ0n) is 45.3. The molecule has 11 heterocycles. The molecule has 424 valence electrons. The average Bonchev–Trinajstić information content (AvgIpc) is 2.47. The molecule has 1 aliphatic carbocycles. The van der Waals surface area contributed by atoms with Crippen LogP contribution in [0.25, 0.3) is 100.0 Å². The van der Waals surface area contributed by atoms with E-state index in [0.29, 0.717) is 63.7 Å². The highest BCUT2D eigenvalue weighted by molar-refractivity contribution is 6.32. The maximum Gasteiger partial charge on any atom is 0.225 e. The van der Waals surface area contributed by atoms with Gasteiger partial charge in [-0.25, -0.2) is 43.9 Å². The van der Waals surface area contributed by atoms with E-state index in [9.17, 15) is 20.1 Å². The minimum Gasteiger partial charge on any atom is -0.508 e. The van der Waals surface area contributed by atoms with Crippen molar-refractivity contribution in [3.05, 3.63) is 90.7 Å². The summed E-state index contributed by atoms with van der Waals surface area (Å²) in [6.45, 7) is 10.5. The molecule has 15 rings (SSSR count). The number of nitrogens with one attached hydrogen (secondary N) is 3. The number of carbonyl (C=O) groups excluding carboxylic acids is 1. The van der Waals surface area contributed by atoms with Crippen molar-refractivity contribution in [3.8, 4) is 51.4 Å². The van der Waals surface area contributed by atoms with Crippen LogP contribution in [-0.4, -0.2) is 151 Å². The molecule has 0 radical (unpaired) electrons. The number of morpholine rings is 1. The molecule has 3 aromatic carbocycles. The SMILES string of the molecule is CC(C)n1nc(-c2cc3cc(O)c(Cl)cc3[nH]2)c2c(N)ncnc21.Nc1ncnc2c1c(-c1cc3cc(O)ccc3[nH]1)nn2C1CCN(C(=O)C2CC2)CC1.Nc1ncnc2c1c(-c1cc3cc(O)ccc3[nH]1)nn2CCN1CCOCC1. The zero-order chi connectivity index (χ0) is 57.2. The molecule has 26 heteroatoms. The van der Waals surface area contributed by atoms with Crippen molar-refractivity contribution in [2.24, 2.45) is 5.92 Å². The van der Waals surface area contributed by atoms with Gasteiger partial charge in [0, 0.05) is 77.4 Å². The van der Waals surface area contributed by atoms with Gasteiger partial charge in [-0.05, 0) is 106 Å². The summed E-state index contributed by atoms with van der Waals surface area (Å²) in [5.41, 5.74) is 27.7. The Bertz CT molecular complexity index is 4390. The van der Waals surface area contributed by atoms with E-state index in [1.807, 2.05) is 63.1 Å². The first-order valence-electron chi connectivity index (χ1n) is 27.4. The number of likely N-dealkylation sites (tertiary alicyclic amines) is 1.